The molecule has 4 fully saturated rings. The smallest absolute Gasteiger partial charge is 0.306 e. The number of hydrogen-bond acceptors (Lipinski definition) is 5. The van der Waals surface area contributed by atoms with Gasteiger partial charge >= 0.3 is 5.97 Å². The second-order valence-electron chi connectivity index (χ2n) is 9.06. The Balaban J connectivity index is 1.32. The Kier molecular flexibility index (Phi) is 5.53. The van der Waals surface area contributed by atoms with Crippen LogP contribution in [-0.2, 0) is 14.3 Å². The van der Waals surface area contributed by atoms with Crippen LogP contribution in [0.15, 0.2) is 18.2 Å². The first-order chi connectivity index (χ1) is 13.8. The summed E-state index contributed by atoms with van der Waals surface area (Å²) >= 11 is 3.97. The van der Waals surface area contributed by atoms with Crippen molar-refractivity contribution in [3.63, 3.8) is 0 Å². The van der Waals surface area contributed by atoms with Crippen molar-refractivity contribution in [2.45, 2.75) is 49.3 Å². The summed E-state index contributed by atoms with van der Waals surface area (Å²) in [5.74, 6) is 1.87. The topological polar surface area (TPSA) is 73.9 Å². The maximum absolute atomic E-state index is 12.6. The molecule has 5 rings (SSSR count). The van der Waals surface area contributed by atoms with Gasteiger partial charge in [0.2, 0.25) is 0 Å². The summed E-state index contributed by atoms with van der Waals surface area (Å²) in [5, 5.41) is 2.73. The van der Waals surface area contributed by atoms with E-state index in [1.165, 1.54) is 26.4 Å². The van der Waals surface area contributed by atoms with E-state index < -0.39 is 5.91 Å². The molecule has 4 bridgehead atoms. The lowest BCUT2D eigenvalue weighted by atomic mass is 9.49. The number of nitrogens with one attached hydrogen (secondary N) is 1. The second kappa shape index (κ2) is 7.82. The summed E-state index contributed by atoms with van der Waals surface area (Å²) in [6.45, 7) is -0.304. The molecule has 4 aliphatic rings. The fourth-order valence-corrected chi connectivity index (χ4v) is 7.65. The number of amides is 1. The number of benzene rings is 1. The van der Waals surface area contributed by atoms with E-state index in [1.54, 1.807) is 25.3 Å². The highest BCUT2D eigenvalue weighted by Crippen LogP contribution is 2.65. The molecule has 0 unspecified atom stereocenters. The molecule has 1 N–H and O–H groups in total. The third kappa shape index (κ3) is 4.39. The Morgan fingerprint density at radius 1 is 1.14 bits per heavy atom. The molecule has 2 atom stereocenters. The molecule has 1 aromatic carbocycles. The van der Waals surface area contributed by atoms with Crippen molar-refractivity contribution in [2.24, 2.45) is 17.3 Å². The van der Waals surface area contributed by atoms with E-state index in [0.29, 0.717) is 35.4 Å². The molecule has 4 saturated carbocycles. The van der Waals surface area contributed by atoms with Gasteiger partial charge in [-0.1, -0.05) is 15.9 Å². The summed E-state index contributed by atoms with van der Waals surface area (Å²) in [7, 11) is 3.08. The minimum absolute atomic E-state index is 0.0388. The molecule has 0 saturated heterocycles. The average Bonchev–Trinajstić information content (AvgIpc) is 2.64. The van der Waals surface area contributed by atoms with Crippen molar-refractivity contribution in [2.75, 3.05) is 26.1 Å². The SMILES string of the molecule is COc1ccc(OC)c(NC(=O)COC(=O)CC23C[C@@H]4C[C@H](CC(Br)(C4)C2)C3)c1. The van der Waals surface area contributed by atoms with Gasteiger partial charge in [-0.25, -0.2) is 0 Å². The number of carbonyl (C=O) groups excluding carboxylic acids is 2. The zero-order valence-corrected chi connectivity index (χ0v) is 18.5. The molecule has 1 amide bonds. The van der Waals surface area contributed by atoms with Gasteiger partial charge in [-0.05, 0) is 67.9 Å². The Bertz CT molecular complexity index is 796. The number of ether oxygens (including phenoxy) is 3. The third-order valence-corrected chi connectivity index (χ3v) is 7.60. The van der Waals surface area contributed by atoms with Gasteiger partial charge in [0.1, 0.15) is 11.5 Å². The first-order valence-corrected chi connectivity index (χ1v) is 11.0. The van der Waals surface area contributed by atoms with Crippen molar-refractivity contribution >= 4 is 33.5 Å². The van der Waals surface area contributed by atoms with E-state index in [4.69, 9.17) is 14.2 Å². The first kappa shape index (κ1) is 20.5. The van der Waals surface area contributed by atoms with Crippen molar-refractivity contribution in [3.8, 4) is 11.5 Å². The van der Waals surface area contributed by atoms with Crippen molar-refractivity contribution in [1.82, 2.24) is 0 Å². The van der Waals surface area contributed by atoms with Crippen molar-refractivity contribution < 1.29 is 23.8 Å². The van der Waals surface area contributed by atoms with Gasteiger partial charge in [-0.2, -0.15) is 0 Å². The minimum Gasteiger partial charge on any atom is -0.497 e. The fourth-order valence-electron chi connectivity index (χ4n) is 6.14. The van der Waals surface area contributed by atoms with E-state index in [2.05, 4.69) is 21.2 Å². The summed E-state index contributed by atoms with van der Waals surface area (Å²) < 4.78 is 16.0. The molecule has 158 valence electrons. The molecule has 0 aliphatic heterocycles. The van der Waals surface area contributed by atoms with Crippen LogP contribution < -0.4 is 14.8 Å². The number of hydrogen-bond donors (Lipinski definition) is 1. The Morgan fingerprint density at radius 2 is 1.86 bits per heavy atom. The normalized spacial score (nSPS) is 32.0. The van der Waals surface area contributed by atoms with Gasteiger partial charge in [-0.3, -0.25) is 9.59 Å². The van der Waals surface area contributed by atoms with Crippen LogP contribution >= 0.6 is 15.9 Å². The number of carbonyl (C=O) groups is 2. The van der Waals surface area contributed by atoms with E-state index >= 15 is 0 Å². The van der Waals surface area contributed by atoms with Crippen LogP contribution in [0.4, 0.5) is 5.69 Å². The van der Waals surface area contributed by atoms with E-state index in [0.717, 1.165) is 19.3 Å². The van der Waals surface area contributed by atoms with E-state index in [9.17, 15) is 9.59 Å². The molecule has 0 radical (unpaired) electrons. The molecular weight excluding hydrogens is 438 g/mol. The zero-order chi connectivity index (χ0) is 20.6. The molecule has 1 aromatic rings. The lowest BCUT2D eigenvalue weighted by Crippen LogP contribution is -2.53. The molecule has 6 nitrogen and oxygen atoms in total. The summed E-state index contributed by atoms with van der Waals surface area (Å²) in [4.78, 5) is 24.9. The van der Waals surface area contributed by atoms with Crippen LogP contribution in [0, 0.1) is 17.3 Å². The maximum Gasteiger partial charge on any atom is 0.306 e. The lowest BCUT2D eigenvalue weighted by Gasteiger charge is -2.60. The largest absolute Gasteiger partial charge is 0.497 e. The summed E-state index contributed by atoms with van der Waals surface area (Å²) in [6, 6.07) is 5.13. The third-order valence-electron chi connectivity index (χ3n) is 6.68. The highest BCUT2D eigenvalue weighted by Gasteiger charge is 2.57. The van der Waals surface area contributed by atoms with Gasteiger partial charge in [0.15, 0.2) is 6.61 Å². The first-order valence-electron chi connectivity index (χ1n) is 10.2. The summed E-state index contributed by atoms with van der Waals surface area (Å²) in [6.07, 6.45) is 7.42. The van der Waals surface area contributed by atoms with Crippen molar-refractivity contribution in [3.05, 3.63) is 18.2 Å². The number of esters is 1. The van der Waals surface area contributed by atoms with Crippen LogP contribution in [0.5, 0.6) is 11.5 Å². The number of halogens is 1. The summed E-state index contributed by atoms with van der Waals surface area (Å²) in [5.41, 5.74) is 0.521. The molecular formula is C22H28BrNO5. The van der Waals surface area contributed by atoms with Crippen molar-refractivity contribution in [1.29, 1.82) is 0 Å². The predicted molar refractivity (Wildman–Crippen MR) is 113 cm³/mol. The molecule has 29 heavy (non-hydrogen) atoms. The van der Waals surface area contributed by atoms with Gasteiger partial charge in [0.05, 0.1) is 26.3 Å². The van der Waals surface area contributed by atoms with Gasteiger partial charge in [0.25, 0.3) is 5.91 Å². The van der Waals surface area contributed by atoms with E-state index in [-0.39, 0.29) is 22.3 Å². The van der Waals surface area contributed by atoms with Gasteiger partial charge in [-0.15, -0.1) is 0 Å². The molecule has 0 aromatic heterocycles. The van der Waals surface area contributed by atoms with Crippen LogP contribution in [0.2, 0.25) is 0 Å². The van der Waals surface area contributed by atoms with Crippen LogP contribution in [0.1, 0.15) is 44.9 Å². The average molecular weight is 466 g/mol. The highest BCUT2D eigenvalue weighted by atomic mass is 79.9. The predicted octanol–water partition coefficient (Wildman–Crippen LogP) is 4.31. The highest BCUT2D eigenvalue weighted by molar-refractivity contribution is 9.10. The van der Waals surface area contributed by atoms with Gasteiger partial charge in [0, 0.05) is 10.4 Å². The van der Waals surface area contributed by atoms with E-state index in [1.807, 2.05) is 0 Å². The standard InChI is InChI=1S/C22H28BrNO5/c1-27-16-3-4-18(28-2)17(6-16)24-19(25)12-29-20(26)11-21-7-14-5-15(8-21)10-22(23,9-14)13-21/h3-4,6,14-15H,5,7-13H2,1-2H3,(H,24,25)/t14-,15-,21?,22?/m0/s1. The Hall–Kier alpha value is -1.76. The minimum atomic E-state index is -0.396. The molecule has 0 spiro atoms. The van der Waals surface area contributed by atoms with Crippen LogP contribution in [-0.4, -0.2) is 37.0 Å². The van der Waals surface area contributed by atoms with Crippen LogP contribution in [0.25, 0.3) is 0 Å². The monoisotopic (exact) mass is 465 g/mol. The second-order valence-corrected chi connectivity index (χ2v) is 10.7. The molecule has 4 aliphatic carbocycles. The Morgan fingerprint density at radius 3 is 2.48 bits per heavy atom. The molecule has 0 heterocycles. The maximum atomic E-state index is 12.6. The quantitative estimate of drug-likeness (QED) is 0.479. The van der Waals surface area contributed by atoms with Gasteiger partial charge < -0.3 is 19.5 Å². The fraction of sp³-hybridized carbons (Fsp3) is 0.636. The number of anilines is 1. The molecule has 7 heteroatoms. The number of rotatable bonds is 7. The Labute approximate surface area is 179 Å². The lowest BCUT2D eigenvalue weighted by molar-refractivity contribution is -0.153. The number of alkyl halides is 1. The van der Waals surface area contributed by atoms with Crippen LogP contribution in [0.3, 0.4) is 0 Å². The number of methoxy groups -OCH3 is 2. The zero-order valence-electron chi connectivity index (χ0n) is 17.0.